The van der Waals surface area contributed by atoms with Gasteiger partial charge in [0.1, 0.15) is 0 Å². The molecule has 21 heavy (non-hydrogen) atoms. The van der Waals surface area contributed by atoms with Gasteiger partial charge in [0.05, 0.1) is 0 Å². The fourth-order valence-electron chi connectivity index (χ4n) is 1.03. The minimum atomic E-state index is 0. The van der Waals surface area contributed by atoms with Gasteiger partial charge in [0.15, 0.2) is 0 Å². The van der Waals surface area contributed by atoms with Crippen LogP contribution in [0.15, 0.2) is 91.0 Å². The molecule has 0 amide bonds. The summed E-state index contributed by atoms with van der Waals surface area (Å²) in [5.74, 6) is 0. The summed E-state index contributed by atoms with van der Waals surface area (Å²) in [4.78, 5) is 7.75. The van der Waals surface area contributed by atoms with Crippen molar-refractivity contribution in [2.24, 2.45) is 0 Å². The van der Waals surface area contributed by atoms with Crippen molar-refractivity contribution < 1.29 is 24.3 Å². The van der Waals surface area contributed by atoms with Crippen molar-refractivity contribution in [1.82, 2.24) is 0 Å². The molecule has 1 nitrogen and oxygen atoms in total. The average molecular weight is 363 g/mol. The number of benzene rings is 3. The van der Waals surface area contributed by atoms with Crippen LogP contribution in [0.5, 0.6) is 0 Å². The Morgan fingerprint density at radius 2 is 0.619 bits per heavy atom. The molecular weight excluding hydrogens is 347 g/mol. The van der Waals surface area contributed by atoms with Crippen molar-refractivity contribution in [3.8, 4) is 0 Å². The summed E-state index contributed by atoms with van der Waals surface area (Å²) in [6.45, 7) is 3.25. The van der Waals surface area contributed by atoms with Crippen LogP contribution in [-0.4, -0.2) is 6.79 Å². The second kappa shape index (κ2) is 20.3. The van der Waals surface area contributed by atoms with Gasteiger partial charge < -0.3 is 4.79 Å². The Hall–Kier alpha value is -2.05. The Balaban J connectivity index is 0. The third kappa shape index (κ3) is 18.0. The van der Waals surface area contributed by atoms with Crippen molar-refractivity contribution in [2.45, 2.75) is 0 Å². The Bertz CT molecular complexity index is 316. The summed E-state index contributed by atoms with van der Waals surface area (Å²) in [5.41, 5.74) is 0. The molecule has 0 saturated heterocycles. The third-order valence-electron chi connectivity index (χ3n) is 1.82. The molecule has 0 atom stereocenters. The van der Waals surface area contributed by atoms with Crippen LogP contribution in [0.25, 0.3) is 0 Å². The van der Waals surface area contributed by atoms with E-state index in [4.69, 9.17) is 4.79 Å². The van der Waals surface area contributed by atoms with E-state index in [-0.39, 0.29) is 19.5 Å². The summed E-state index contributed by atoms with van der Waals surface area (Å²) in [5, 5.41) is 0. The maximum absolute atomic E-state index is 7.75. The van der Waals surface area contributed by atoms with Crippen LogP contribution in [0, 0.1) is 18.2 Å². The maximum atomic E-state index is 7.75. The molecule has 0 aromatic heterocycles. The van der Waals surface area contributed by atoms with E-state index in [1.54, 1.807) is 0 Å². The Morgan fingerprint density at radius 1 is 0.429 bits per heavy atom. The molecule has 0 aliphatic rings. The first-order valence-electron chi connectivity index (χ1n) is 5.97. The molecule has 0 saturated carbocycles. The largest absolute Gasteiger partial charge is 0.545 e. The molecule has 0 unspecified atom stereocenters. The Kier molecular flexibility index (Phi) is 20.5. The molecule has 0 bridgehead atoms. The first-order valence-corrected chi connectivity index (χ1v) is 5.97. The zero-order valence-electron chi connectivity index (χ0n) is 11.5. The standard InChI is InChI=1S/3C6H5.CHO.Rh/c3*1-2-4-6-5-3-1;1-2;/h3*1-5H;1H;/q4*-1;. The molecule has 2 heteroatoms. The minimum absolute atomic E-state index is 0. The van der Waals surface area contributed by atoms with Crippen LogP contribution in [0.3, 0.4) is 0 Å². The second-order valence-corrected chi connectivity index (χ2v) is 3.23. The molecule has 1 radical (unpaired) electrons. The molecule has 0 heterocycles. The SMILES string of the molecule is [CH-]=O.[Rh].[c-]1ccccc1.[c-]1ccccc1.[c-]1ccccc1. The molecule has 0 aliphatic heterocycles. The van der Waals surface area contributed by atoms with Crippen LogP contribution in [0.1, 0.15) is 0 Å². The van der Waals surface area contributed by atoms with Gasteiger partial charge in [-0.25, -0.2) is 0 Å². The molecule has 3 rings (SSSR count). The van der Waals surface area contributed by atoms with Gasteiger partial charge in [0.2, 0.25) is 0 Å². The van der Waals surface area contributed by atoms with Crippen molar-refractivity contribution in [2.75, 3.05) is 0 Å². The molecule has 0 fully saturated rings. The van der Waals surface area contributed by atoms with Gasteiger partial charge in [-0.15, -0.1) is 0 Å². The number of hydrogen-bond donors (Lipinski definition) is 0. The fourth-order valence-corrected chi connectivity index (χ4v) is 1.03. The summed E-state index contributed by atoms with van der Waals surface area (Å²) in [6, 6.07) is 37.5. The van der Waals surface area contributed by atoms with E-state index in [9.17, 15) is 0 Å². The van der Waals surface area contributed by atoms with Crippen molar-refractivity contribution >= 4 is 6.79 Å². The summed E-state index contributed by atoms with van der Waals surface area (Å²) < 4.78 is 0. The van der Waals surface area contributed by atoms with E-state index in [0.717, 1.165) is 0 Å². The van der Waals surface area contributed by atoms with Crippen molar-refractivity contribution in [3.63, 3.8) is 0 Å². The summed E-state index contributed by atoms with van der Waals surface area (Å²) in [7, 11) is 0. The van der Waals surface area contributed by atoms with Crippen molar-refractivity contribution in [1.29, 1.82) is 0 Å². The zero-order valence-corrected chi connectivity index (χ0v) is 13.1. The molecule has 111 valence electrons. The van der Waals surface area contributed by atoms with E-state index in [0.29, 0.717) is 0 Å². The van der Waals surface area contributed by atoms with Gasteiger partial charge in [-0.2, -0.15) is 109 Å². The van der Waals surface area contributed by atoms with Crippen molar-refractivity contribution in [3.05, 3.63) is 109 Å². The molecule has 0 aliphatic carbocycles. The second-order valence-electron chi connectivity index (χ2n) is 3.23. The van der Waals surface area contributed by atoms with Crippen LogP contribution in [0.4, 0.5) is 0 Å². The van der Waals surface area contributed by atoms with Gasteiger partial charge in [-0.05, 0) is 0 Å². The first kappa shape index (κ1) is 21.3. The normalized spacial score (nSPS) is 7.05. The Morgan fingerprint density at radius 3 is 0.667 bits per heavy atom. The van der Waals surface area contributed by atoms with E-state index in [2.05, 4.69) is 25.0 Å². The van der Waals surface area contributed by atoms with Crippen LogP contribution >= 0.6 is 0 Å². The van der Waals surface area contributed by atoms with E-state index in [1.807, 2.05) is 91.0 Å². The predicted octanol–water partition coefficient (Wildman–Crippen LogP) is 4.18. The molecule has 3 aromatic carbocycles. The number of hydrogen-bond acceptors (Lipinski definition) is 1. The third-order valence-corrected chi connectivity index (χ3v) is 1.82. The van der Waals surface area contributed by atoms with Gasteiger partial charge in [0, 0.05) is 19.5 Å². The monoisotopic (exact) mass is 363 g/mol. The summed E-state index contributed by atoms with van der Waals surface area (Å²) >= 11 is 0. The van der Waals surface area contributed by atoms with Gasteiger partial charge in [0.25, 0.3) is 0 Å². The smallest absolute Gasteiger partial charge is 0 e. The quantitative estimate of drug-likeness (QED) is 0.333. The predicted molar refractivity (Wildman–Crippen MR) is 82.6 cm³/mol. The van der Waals surface area contributed by atoms with E-state index >= 15 is 0 Å². The van der Waals surface area contributed by atoms with Crippen LogP contribution in [0.2, 0.25) is 0 Å². The minimum Gasteiger partial charge on any atom is -0.545 e. The zero-order chi connectivity index (χ0) is 14.7. The summed E-state index contributed by atoms with van der Waals surface area (Å²) in [6.07, 6.45) is 0. The molecule has 0 spiro atoms. The molecular formula is C19H16ORh-4. The molecule has 0 N–H and O–H groups in total. The van der Waals surface area contributed by atoms with E-state index in [1.165, 1.54) is 0 Å². The van der Waals surface area contributed by atoms with E-state index < -0.39 is 0 Å². The van der Waals surface area contributed by atoms with Crippen LogP contribution < -0.4 is 0 Å². The topological polar surface area (TPSA) is 17.1 Å². The van der Waals surface area contributed by atoms with Crippen LogP contribution in [-0.2, 0) is 24.3 Å². The number of carbonyl (C=O) groups excluding carboxylic acids is 1. The molecule has 3 aromatic rings. The Labute approximate surface area is 140 Å². The fraction of sp³-hybridized carbons (Fsp3) is 0. The van der Waals surface area contributed by atoms with Gasteiger partial charge >= 0.3 is 0 Å². The van der Waals surface area contributed by atoms with Gasteiger partial charge in [-0.1, -0.05) is 0 Å². The van der Waals surface area contributed by atoms with Gasteiger partial charge in [-0.3, -0.25) is 6.79 Å². The number of rotatable bonds is 0. The first-order chi connectivity index (χ1) is 10.0. The maximum Gasteiger partial charge on any atom is 0 e. The average Bonchev–Trinajstić information content (AvgIpc) is 2.62.